The van der Waals surface area contributed by atoms with Crippen molar-refractivity contribution in [2.24, 2.45) is 0 Å². The normalized spacial score (nSPS) is 10.7. The molecule has 0 aliphatic carbocycles. The number of hydrogen-bond acceptors (Lipinski definition) is 2. The molecule has 0 bridgehead atoms. The van der Waals surface area contributed by atoms with Crippen LogP contribution in [0.5, 0.6) is 11.5 Å². The molecule has 0 fully saturated rings. The van der Waals surface area contributed by atoms with Crippen molar-refractivity contribution in [2.45, 2.75) is 19.9 Å². The Kier molecular flexibility index (Phi) is 3.04. The van der Waals surface area contributed by atoms with E-state index in [1.165, 1.54) is 0 Å². The van der Waals surface area contributed by atoms with Gasteiger partial charge in [0.25, 0.3) is 0 Å². The second kappa shape index (κ2) is 4.47. The van der Waals surface area contributed by atoms with Gasteiger partial charge in [0.2, 0.25) is 0 Å². The molecule has 0 unspecified atom stereocenters. The van der Waals surface area contributed by atoms with E-state index >= 15 is 0 Å². The first-order valence-corrected chi connectivity index (χ1v) is 5.51. The molecule has 0 spiro atoms. The first kappa shape index (κ1) is 10.9. The molecule has 16 heavy (non-hydrogen) atoms. The summed E-state index contributed by atoms with van der Waals surface area (Å²) < 4.78 is 12.9. The average Bonchev–Trinajstić information content (AvgIpc) is 2.72. The number of aryl methyl sites for hydroxylation is 1. The van der Waals surface area contributed by atoms with Crippen LogP contribution in [0.4, 0.5) is 0 Å². The zero-order valence-electron chi connectivity index (χ0n) is 9.99. The highest BCUT2D eigenvalue weighted by atomic mass is 16.5. The number of ether oxygens (including phenoxy) is 2. The summed E-state index contributed by atoms with van der Waals surface area (Å²) in [6.07, 6.45) is 3.21. The van der Waals surface area contributed by atoms with Gasteiger partial charge in [0, 0.05) is 30.3 Å². The number of fused-ring (bicyclic) bond motifs is 1. The fraction of sp³-hybridized carbons (Fsp3) is 0.385. The molecule has 2 rings (SSSR count). The van der Waals surface area contributed by atoms with Gasteiger partial charge in [0.1, 0.15) is 11.5 Å². The second-order valence-corrected chi connectivity index (χ2v) is 3.77. The lowest BCUT2D eigenvalue weighted by atomic mass is 10.2. The summed E-state index contributed by atoms with van der Waals surface area (Å²) in [5.74, 6) is 1.70. The summed E-state index contributed by atoms with van der Waals surface area (Å²) in [5.41, 5.74) is 1.16. The van der Waals surface area contributed by atoms with E-state index in [-0.39, 0.29) is 0 Å². The third-order valence-electron chi connectivity index (χ3n) is 2.74. The number of hydrogen-bond donors (Lipinski definition) is 0. The van der Waals surface area contributed by atoms with Gasteiger partial charge in [-0.2, -0.15) is 0 Å². The van der Waals surface area contributed by atoms with E-state index in [9.17, 15) is 0 Å². The number of methoxy groups -OCH3 is 2. The maximum absolute atomic E-state index is 5.37. The van der Waals surface area contributed by atoms with Crippen LogP contribution in [-0.4, -0.2) is 18.8 Å². The molecule has 0 amide bonds. The summed E-state index contributed by atoms with van der Waals surface area (Å²) in [7, 11) is 3.36. The molecule has 0 aliphatic heterocycles. The van der Waals surface area contributed by atoms with Crippen LogP contribution < -0.4 is 9.47 Å². The summed E-state index contributed by atoms with van der Waals surface area (Å²) in [6, 6.07) is 6.05. The van der Waals surface area contributed by atoms with Crippen LogP contribution in [0, 0.1) is 0 Å². The second-order valence-electron chi connectivity index (χ2n) is 3.77. The van der Waals surface area contributed by atoms with Crippen molar-refractivity contribution in [2.75, 3.05) is 14.2 Å². The van der Waals surface area contributed by atoms with Crippen LogP contribution >= 0.6 is 0 Å². The highest BCUT2D eigenvalue weighted by Crippen LogP contribution is 2.31. The SMILES string of the molecule is CCCn1ccc2c(OC)cc(OC)cc21. The highest BCUT2D eigenvalue weighted by molar-refractivity contribution is 5.88. The van der Waals surface area contributed by atoms with Crippen molar-refractivity contribution in [3.8, 4) is 11.5 Å². The lowest BCUT2D eigenvalue weighted by Crippen LogP contribution is -1.95. The average molecular weight is 219 g/mol. The van der Waals surface area contributed by atoms with Gasteiger partial charge in [0.15, 0.2) is 0 Å². The monoisotopic (exact) mass is 219 g/mol. The molecule has 3 nitrogen and oxygen atoms in total. The summed E-state index contributed by atoms with van der Waals surface area (Å²) in [4.78, 5) is 0. The fourth-order valence-corrected chi connectivity index (χ4v) is 1.96. The van der Waals surface area contributed by atoms with E-state index < -0.39 is 0 Å². The van der Waals surface area contributed by atoms with Crippen molar-refractivity contribution in [3.05, 3.63) is 24.4 Å². The minimum absolute atomic E-state index is 0.834. The molecule has 1 heterocycles. The zero-order valence-corrected chi connectivity index (χ0v) is 9.99. The van der Waals surface area contributed by atoms with Gasteiger partial charge in [-0.15, -0.1) is 0 Å². The lowest BCUT2D eigenvalue weighted by Gasteiger charge is -2.08. The molecule has 86 valence electrons. The van der Waals surface area contributed by atoms with Crippen molar-refractivity contribution >= 4 is 10.9 Å². The smallest absolute Gasteiger partial charge is 0.131 e. The van der Waals surface area contributed by atoms with E-state index in [0.717, 1.165) is 35.4 Å². The maximum atomic E-state index is 5.37. The van der Waals surface area contributed by atoms with Crippen LogP contribution in [0.15, 0.2) is 24.4 Å². The Balaban J connectivity index is 2.62. The third-order valence-corrected chi connectivity index (χ3v) is 2.74. The van der Waals surface area contributed by atoms with E-state index in [4.69, 9.17) is 9.47 Å². The highest BCUT2D eigenvalue weighted by Gasteiger charge is 2.08. The van der Waals surface area contributed by atoms with Crippen LogP contribution in [0.1, 0.15) is 13.3 Å². The molecular weight excluding hydrogens is 202 g/mol. The zero-order chi connectivity index (χ0) is 11.5. The molecule has 1 aromatic heterocycles. The Morgan fingerprint density at radius 2 is 2.00 bits per heavy atom. The number of rotatable bonds is 4. The van der Waals surface area contributed by atoms with Gasteiger partial charge in [-0.25, -0.2) is 0 Å². The lowest BCUT2D eigenvalue weighted by molar-refractivity contribution is 0.397. The minimum Gasteiger partial charge on any atom is -0.497 e. The number of benzene rings is 1. The Morgan fingerprint density at radius 3 is 2.62 bits per heavy atom. The molecule has 0 atom stereocenters. The predicted octanol–water partition coefficient (Wildman–Crippen LogP) is 3.07. The maximum Gasteiger partial charge on any atom is 0.131 e. The van der Waals surface area contributed by atoms with Crippen LogP contribution in [-0.2, 0) is 6.54 Å². The van der Waals surface area contributed by atoms with Crippen LogP contribution in [0.2, 0.25) is 0 Å². The van der Waals surface area contributed by atoms with Crippen LogP contribution in [0.25, 0.3) is 10.9 Å². The van der Waals surface area contributed by atoms with Gasteiger partial charge in [-0.05, 0) is 12.5 Å². The molecule has 0 saturated carbocycles. The van der Waals surface area contributed by atoms with Gasteiger partial charge in [-0.3, -0.25) is 0 Å². The molecule has 0 aliphatic rings. The Labute approximate surface area is 95.6 Å². The van der Waals surface area contributed by atoms with Crippen molar-refractivity contribution in [3.63, 3.8) is 0 Å². The molecular formula is C13H17NO2. The van der Waals surface area contributed by atoms with Gasteiger partial charge in [0.05, 0.1) is 19.7 Å². The van der Waals surface area contributed by atoms with Crippen LogP contribution in [0.3, 0.4) is 0 Å². The Bertz CT molecular complexity index is 488. The molecule has 0 N–H and O–H groups in total. The van der Waals surface area contributed by atoms with Crippen molar-refractivity contribution in [1.82, 2.24) is 4.57 Å². The summed E-state index contributed by atoms with van der Waals surface area (Å²) >= 11 is 0. The quantitative estimate of drug-likeness (QED) is 0.789. The van der Waals surface area contributed by atoms with E-state index in [1.54, 1.807) is 14.2 Å². The van der Waals surface area contributed by atoms with Gasteiger partial charge in [-0.1, -0.05) is 6.92 Å². The molecule has 0 saturated heterocycles. The molecule has 2 aromatic rings. The molecule has 1 aromatic carbocycles. The fourth-order valence-electron chi connectivity index (χ4n) is 1.96. The van der Waals surface area contributed by atoms with Gasteiger partial charge >= 0.3 is 0 Å². The van der Waals surface area contributed by atoms with E-state index in [2.05, 4.69) is 23.8 Å². The minimum atomic E-state index is 0.834. The van der Waals surface area contributed by atoms with Crippen molar-refractivity contribution in [1.29, 1.82) is 0 Å². The standard InChI is InChI=1S/C13H17NO2/c1-4-6-14-7-5-11-12(14)8-10(15-2)9-13(11)16-3/h5,7-9H,4,6H2,1-3H3. The number of nitrogens with zero attached hydrogens (tertiary/aromatic N) is 1. The Morgan fingerprint density at radius 1 is 1.19 bits per heavy atom. The van der Waals surface area contributed by atoms with Gasteiger partial charge < -0.3 is 14.0 Å². The summed E-state index contributed by atoms with van der Waals surface area (Å²) in [6.45, 7) is 3.18. The van der Waals surface area contributed by atoms with Crippen molar-refractivity contribution < 1.29 is 9.47 Å². The summed E-state index contributed by atoms with van der Waals surface area (Å²) in [5, 5.41) is 1.14. The van der Waals surface area contributed by atoms with E-state index in [0.29, 0.717) is 0 Å². The third kappa shape index (κ3) is 1.73. The largest absolute Gasteiger partial charge is 0.497 e. The predicted molar refractivity (Wildman–Crippen MR) is 65.3 cm³/mol. The first-order valence-electron chi connectivity index (χ1n) is 5.51. The van der Waals surface area contributed by atoms with E-state index in [1.807, 2.05) is 12.1 Å². The molecule has 0 radical (unpaired) electrons. The first-order chi connectivity index (χ1) is 7.80. The molecule has 3 heteroatoms. The number of aromatic nitrogens is 1. The topological polar surface area (TPSA) is 23.4 Å². The Hall–Kier alpha value is -1.64.